The maximum atomic E-state index is 13.8. The van der Waals surface area contributed by atoms with Gasteiger partial charge in [0.2, 0.25) is 0 Å². The van der Waals surface area contributed by atoms with E-state index in [0.29, 0.717) is 5.56 Å². The van der Waals surface area contributed by atoms with E-state index in [1.54, 1.807) is 45.9 Å². The van der Waals surface area contributed by atoms with Gasteiger partial charge in [-0.05, 0) is 38.3 Å². The fraction of sp³-hybridized carbons (Fsp3) is 0.500. The van der Waals surface area contributed by atoms with E-state index >= 15 is 0 Å². The second kappa shape index (κ2) is 7.24. The van der Waals surface area contributed by atoms with Crippen molar-refractivity contribution in [2.24, 2.45) is 5.92 Å². The molecule has 0 radical (unpaired) electrons. The third-order valence-corrected chi connectivity index (χ3v) is 3.18. The second-order valence-corrected chi connectivity index (χ2v) is 6.14. The van der Waals surface area contributed by atoms with Crippen LogP contribution >= 0.6 is 0 Å². The van der Waals surface area contributed by atoms with Gasteiger partial charge in [-0.1, -0.05) is 25.1 Å². The van der Waals surface area contributed by atoms with Gasteiger partial charge in [0.1, 0.15) is 11.4 Å². The standard InChI is InChI=1S/C16H22FNO4/c1-10(11-7-5-6-8-13(11)17)12(14(19)20)9-18-15(21)22-16(2,3)4/h5-8,10,12H,9H2,1-4H3,(H,18,21)(H,19,20)/t10-,12+/m0/s1. The molecule has 0 fully saturated rings. The van der Waals surface area contributed by atoms with Crippen LogP contribution < -0.4 is 5.32 Å². The molecule has 6 heteroatoms. The maximum absolute atomic E-state index is 13.8. The van der Waals surface area contributed by atoms with Crippen LogP contribution in [0.15, 0.2) is 24.3 Å². The van der Waals surface area contributed by atoms with E-state index < -0.39 is 35.3 Å². The smallest absolute Gasteiger partial charge is 0.407 e. The van der Waals surface area contributed by atoms with Crippen molar-refractivity contribution in [2.75, 3.05) is 6.54 Å². The lowest BCUT2D eigenvalue weighted by Crippen LogP contribution is -2.38. The molecule has 0 spiro atoms. The minimum absolute atomic E-state index is 0.139. The Morgan fingerprint density at radius 2 is 1.91 bits per heavy atom. The molecule has 122 valence electrons. The predicted octanol–water partition coefficient (Wildman–Crippen LogP) is 3.15. The lowest BCUT2D eigenvalue weighted by molar-refractivity contribution is -0.142. The van der Waals surface area contributed by atoms with Gasteiger partial charge in [-0.3, -0.25) is 4.79 Å². The summed E-state index contributed by atoms with van der Waals surface area (Å²) in [5.41, 5.74) is -0.360. The number of aliphatic carboxylic acids is 1. The minimum atomic E-state index is -1.10. The predicted molar refractivity (Wildman–Crippen MR) is 80.2 cm³/mol. The molecule has 0 saturated carbocycles. The first kappa shape index (κ1) is 17.9. The minimum Gasteiger partial charge on any atom is -0.481 e. The van der Waals surface area contributed by atoms with Gasteiger partial charge in [-0.15, -0.1) is 0 Å². The molecule has 0 unspecified atom stereocenters. The summed E-state index contributed by atoms with van der Waals surface area (Å²) < 4.78 is 18.8. The van der Waals surface area contributed by atoms with Gasteiger partial charge in [0.05, 0.1) is 5.92 Å². The topological polar surface area (TPSA) is 75.6 Å². The van der Waals surface area contributed by atoms with E-state index in [4.69, 9.17) is 4.74 Å². The number of carboxylic acid groups (broad SMARTS) is 1. The van der Waals surface area contributed by atoms with Crippen LogP contribution in [0.1, 0.15) is 39.2 Å². The average molecular weight is 311 g/mol. The number of carboxylic acids is 1. The van der Waals surface area contributed by atoms with Gasteiger partial charge in [0, 0.05) is 6.54 Å². The molecular formula is C16H22FNO4. The zero-order chi connectivity index (χ0) is 16.9. The zero-order valence-electron chi connectivity index (χ0n) is 13.2. The monoisotopic (exact) mass is 311 g/mol. The van der Waals surface area contributed by atoms with Crippen LogP contribution in [0.3, 0.4) is 0 Å². The number of carbonyl (C=O) groups excluding carboxylic acids is 1. The van der Waals surface area contributed by atoms with Crippen molar-refractivity contribution < 1.29 is 23.8 Å². The van der Waals surface area contributed by atoms with Gasteiger partial charge in [-0.25, -0.2) is 9.18 Å². The first-order valence-electron chi connectivity index (χ1n) is 7.06. The molecule has 22 heavy (non-hydrogen) atoms. The number of hydrogen-bond donors (Lipinski definition) is 2. The van der Waals surface area contributed by atoms with Crippen LogP contribution in [0.25, 0.3) is 0 Å². The number of ether oxygens (including phenoxy) is 1. The van der Waals surface area contributed by atoms with Crippen LogP contribution in [0.4, 0.5) is 9.18 Å². The molecule has 0 bridgehead atoms. The fourth-order valence-electron chi connectivity index (χ4n) is 2.05. The summed E-state index contributed by atoms with van der Waals surface area (Å²) in [6, 6.07) is 6.02. The number of alkyl carbamates (subject to hydrolysis) is 1. The van der Waals surface area contributed by atoms with E-state index in [2.05, 4.69) is 5.32 Å². The van der Waals surface area contributed by atoms with Crippen LogP contribution in [0.5, 0.6) is 0 Å². The highest BCUT2D eigenvalue weighted by Gasteiger charge is 2.28. The number of benzene rings is 1. The summed E-state index contributed by atoms with van der Waals surface area (Å²) >= 11 is 0. The summed E-state index contributed by atoms with van der Waals surface area (Å²) in [4.78, 5) is 23.0. The van der Waals surface area contributed by atoms with Crippen LogP contribution in [-0.4, -0.2) is 29.3 Å². The third-order valence-electron chi connectivity index (χ3n) is 3.18. The van der Waals surface area contributed by atoms with Crippen molar-refractivity contribution in [3.05, 3.63) is 35.6 Å². The molecule has 1 aromatic rings. The second-order valence-electron chi connectivity index (χ2n) is 6.14. The molecule has 5 nitrogen and oxygen atoms in total. The highest BCUT2D eigenvalue weighted by molar-refractivity contribution is 5.73. The van der Waals surface area contributed by atoms with E-state index in [1.165, 1.54) is 6.07 Å². The first-order chi connectivity index (χ1) is 10.1. The van der Waals surface area contributed by atoms with E-state index in [-0.39, 0.29) is 6.54 Å². The van der Waals surface area contributed by atoms with E-state index in [1.807, 2.05) is 0 Å². The molecule has 2 atom stereocenters. The average Bonchev–Trinajstić information content (AvgIpc) is 2.36. The van der Waals surface area contributed by atoms with Crippen LogP contribution in [0.2, 0.25) is 0 Å². The number of amides is 1. The Hall–Kier alpha value is -2.11. The molecule has 0 aliphatic heterocycles. The Balaban J connectivity index is 2.76. The molecule has 1 rings (SSSR count). The lowest BCUT2D eigenvalue weighted by atomic mass is 9.87. The molecule has 0 aromatic heterocycles. The van der Waals surface area contributed by atoms with Crippen LogP contribution in [-0.2, 0) is 9.53 Å². The van der Waals surface area contributed by atoms with Crippen molar-refractivity contribution >= 4 is 12.1 Å². The van der Waals surface area contributed by atoms with Crippen molar-refractivity contribution in [2.45, 2.75) is 39.2 Å². The zero-order valence-corrected chi connectivity index (χ0v) is 13.2. The summed E-state index contributed by atoms with van der Waals surface area (Å²) in [7, 11) is 0. The Labute approximate surface area is 129 Å². The Morgan fingerprint density at radius 1 is 1.32 bits per heavy atom. The molecule has 1 aromatic carbocycles. The highest BCUT2D eigenvalue weighted by atomic mass is 19.1. The number of carbonyl (C=O) groups is 2. The summed E-state index contributed by atoms with van der Waals surface area (Å²) in [6.45, 7) is 6.61. The van der Waals surface area contributed by atoms with Gasteiger partial charge >= 0.3 is 12.1 Å². The summed E-state index contributed by atoms with van der Waals surface area (Å²) in [5, 5.41) is 11.8. The molecule has 2 N–H and O–H groups in total. The Bertz CT molecular complexity index is 539. The number of halogens is 1. The third kappa shape index (κ3) is 5.35. The van der Waals surface area contributed by atoms with Crippen molar-refractivity contribution in [1.29, 1.82) is 0 Å². The van der Waals surface area contributed by atoms with Gasteiger partial charge in [0.25, 0.3) is 0 Å². The Kier molecular flexibility index (Phi) is 5.91. The van der Waals surface area contributed by atoms with Crippen molar-refractivity contribution in [3.8, 4) is 0 Å². The molecule has 0 aliphatic rings. The van der Waals surface area contributed by atoms with Crippen molar-refractivity contribution in [3.63, 3.8) is 0 Å². The molecule has 0 heterocycles. The summed E-state index contributed by atoms with van der Waals surface area (Å²) in [5.74, 6) is -3.11. The highest BCUT2D eigenvalue weighted by Crippen LogP contribution is 2.26. The normalized spacial score (nSPS) is 14.0. The Morgan fingerprint density at radius 3 is 2.41 bits per heavy atom. The SMILES string of the molecule is C[C@@H](c1ccccc1F)[C@@H](CNC(=O)OC(C)(C)C)C(=O)O. The number of rotatable bonds is 5. The van der Waals surface area contributed by atoms with Gasteiger partial charge < -0.3 is 15.2 Å². The van der Waals surface area contributed by atoms with Gasteiger partial charge in [-0.2, -0.15) is 0 Å². The summed E-state index contributed by atoms with van der Waals surface area (Å²) in [6.07, 6.45) is -0.695. The number of hydrogen-bond acceptors (Lipinski definition) is 3. The molecule has 0 saturated heterocycles. The fourth-order valence-corrected chi connectivity index (χ4v) is 2.05. The molecular weight excluding hydrogens is 289 g/mol. The maximum Gasteiger partial charge on any atom is 0.407 e. The van der Waals surface area contributed by atoms with Gasteiger partial charge in [0.15, 0.2) is 0 Å². The first-order valence-corrected chi connectivity index (χ1v) is 7.06. The molecule has 1 amide bonds. The molecule has 0 aliphatic carbocycles. The largest absolute Gasteiger partial charge is 0.481 e. The number of nitrogens with one attached hydrogen (secondary N) is 1. The van der Waals surface area contributed by atoms with E-state index in [9.17, 15) is 19.1 Å². The van der Waals surface area contributed by atoms with E-state index in [0.717, 1.165) is 0 Å². The van der Waals surface area contributed by atoms with Crippen molar-refractivity contribution in [1.82, 2.24) is 5.32 Å². The quantitative estimate of drug-likeness (QED) is 0.876. The van der Waals surface area contributed by atoms with Crippen LogP contribution in [0, 0.1) is 11.7 Å². The lowest BCUT2D eigenvalue weighted by Gasteiger charge is -2.23.